The van der Waals surface area contributed by atoms with Gasteiger partial charge in [-0.05, 0) is 18.4 Å². The van der Waals surface area contributed by atoms with E-state index in [1.54, 1.807) is 24.3 Å². The molecule has 0 radical (unpaired) electrons. The Kier molecular flexibility index (Phi) is 4.80. The summed E-state index contributed by atoms with van der Waals surface area (Å²) in [4.78, 5) is 0. The normalized spacial score (nSPS) is 21.9. The fourth-order valence-electron chi connectivity index (χ4n) is 3.38. The Morgan fingerprint density at radius 3 is 2.09 bits per heavy atom. The first-order chi connectivity index (χ1) is 10.9. The summed E-state index contributed by atoms with van der Waals surface area (Å²) in [6, 6.07) is 8.99. The third-order valence-corrected chi connectivity index (χ3v) is 9.29. The van der Waals surface area contributed by atoms with Crippen molar-refractivity contribution < 1.29 is 16.8 Å². The average molecular weight is 357 g/mol. The van der Waals surface area contributed by atoms with Crippen molar-refractivity contribution in [1.29, 1.82) is 0 Å². The number of nitrogens with zero attached hydrogens (tertiary/aromatic N) is 1. The number of hydrogen-bond donors (Lipinski definition) is 0. The zero-order chi connectivity index (χ0) is 16.5. The minimum absolute atomic E-state index is 0.0654. The van der Waals surface area contributed by atoms with Crippen LogP contribution < -0.4 is 0 Å². The van der Waals surface area contributed by atoms with Gasteiger partial charge in [-0.15, -0.1) is 0 Å². The summed E-state index contributed by atoms with van der Waals surface area (Å²) >= 11 is 0. The fourth-order valence-corrected chi connectivity index (χ4v) is 7.49. The molecule has 23 heavy (non-hydrogen) atoms. The van der Waals surface area contributed by atoms with Crippen molar-refractivity contribution in [1.82, 2.24) is 4.31 Å². The Hall–Kier alpha value is -0.920. The maximum atomic E-state index is 12.6. The second-order valence-corrected chi connectivity index (χ2v) is 11.0. The van der Waals surface area contributed by atoms with E-state index < -0.39 is 25.1 Å². The summed E-state index contributed by atoms with van der Waals surface area (Å²) in [7, 11) is -6.63. The van der Waals surface area contributed by atoms with Crippen LogP contribution >= 0.6 is 0 Å². The average Bonchev–Trinajstić information content (AvgIpc) is 2.46. The second kappa shape index (κ2) is 6.53. The topological polar surface area (TPSA) is 71.5 Å². The van der Waals surface area contributed by atoms with E-state index >= 15 is 0 Å². The quantitative estimate of drug-likeness (QED) is 0.807. The molecule has 1 aromatic carbocycles. The highest BCUT2D eigenvalue weighted by Gasteiger charge is 2.45. The van der Waals surface area contributed by atoms with Crippen LogP contribution in [0.1, 0.15) is 37.7 Å². The summed E-state index contributed by atoms with van der Waals surface area (Å²) in [5, 5.41) is -0.781. The van der Waals surface area contributed by atoms with E-state index in [-0.39, 0.29) is 24.1 Å². The molecule has 1 heterocycles. The maximum Gasteiger partial charge on any atom is 0.218 e. The second-order valence-electron chi connectivity index (χ2n) is 6.53. The van der Waals surface area contributed by atoms with Crippen LogP contribution in [0.4, 0.5) is 0 Å². The molecular formula is C16H23NO4S2. The minimum Gasteiger partial charge on any atom is -0.228 e. The molecular weight excluding hydrogens is 334 g/mol. The molecule has 0 N–H and O–H groups in total. The van der Waals surface area contributed by atoms with Gasteiger partial charge in [0.25, 0.3) is 0 Å². The van der Waals surface area contributed by atoms with E-state index in [2.05, 4.69) is 0 Å². The van der Waals surface area contributed by atoms with E-state index in [1.807, 2.05) is 6.07 Å². The highest BCUT2D eigenvalue weighted by molar-refractivity contribution is 7.93. The van der Waals surface area contributed by atoms with Crippen LogP contribution in [0, 0.1) is 0 Å². The standard InChI is InChI=1S/C16H23NO4S2/c18-22(19,13-14-7-3-1-4-8-14)17-11-16(12-17)23(20,21)15-9-5-2-6-10-15/h1,3-4,7-8,15-16H,2,5-6,9-13H2. The number of sulfone groups is 1. The SMILES string of the molecule is O=S(=O)(C1CCCCC1)C1CN(S(=O)(=O)Cc2ccccc2)C1. The summed E-state index contributed by atoms with van der Waals surface area (Å²) in [6.45, 7) is 0.238. The van der Waals surface area contributed by atoms with Gasteiger partial charge in [-0.25, -0.2) is 16.8 Å². The van der Waals surface area contributed by atoms with Gasteiger partial charge in [0, 0.05) is 13.1 Å². The van der Waals surface area contributed by atoms with Gasteiger partial charge in [-0.2, -0.15) is 4.31 Å². The van der Waals surface area contributed by atoms with E-state index in [0.717, 1.165) is 37.7 Å². The van der Waals surface area contributed by atoms with Crippen LogP contribution in [0.5, 0.6) is 0 Å². The Balaban J connectivity index is 1.61. The molecule has 1 aliphatic carbocycles. The zero-order valence-corrected chi connectivity index (χ0v) is 14.7. The molecule has 128 valence electrons. The third-order valence-electron chi connectivity index (χ3n) is 4.88. The van der Waals surface area contributed by atoms with Crippen LogP contribution in [0.25, 0.3) is 0 Å². The molecule has 1 saturated heterocycles. The van der Waals surface area contributed by atoms with Crippen LogP contribution in [-0.4, -0.2) is 44.7 Å². The molecule has 3 rings (SSSR count). The summed E-state index contributed by atoms with van der Waals surface area (Å²) in [5.41, 5.74) is 0.728. The molecule has 1 aliphatic heterocycles. The molecule has 5 nitrogen and oxygen atoms in total. The first-order valence-corrected chi connectivity index (χ1v) is 11.4. The Labute approximate surface area is 138 Å². The largest absolute Gasteiger partial charge is 0.228 e. The lowest BCUT2D eigenvalue weighted by Gasteiger charge is -2.39. The Morgan fingerprint density at radius 1 is 0.870 bits per heavy atom. The minimum atomic E-state index is -3.43. The molecule has 0 spiro atoms. The molecule has 7 heteroatoms. The van der Waals surface area contributed by atoms with Gasteiger partial charge in [0.1, 0.15) is 0 Å². The third kappa shape index (κ3) is 3.61. The van der Waals surface area contributed by atoms with Gasteiger partial charge in [0.2, 0.25) is 10.0 Å². The number of sulfonamides is 1. The van der Waals surface area contributed by atoms with Gasteiger partial charge in [0.15, 0.2) is 9.84 Å². The van der Waals surface area contributed by atoms with Gasteiger partial charge >= 0.3 is 0 Å². The Morgan fingerprint density at radius 2 is 1.48 bits per heavy atom. The predicted octanol–water partition coefficient (Wildman–Crippen LogP) is 1.95. The van der Waals surface area contributed by atoms with Gasteiger partial charge in [-0.3, -0.25) is 0 Å². The highest BCUT2D eigenvalue weighted by Crippen LogP contribution is 2.31. The first-order valence-electron chi connectivity index (χ1n) is 8.14. The lowest BCUT2D eigenvalue weighted by Crippen LogP contribution is -2.58. The van der Waals surface area contributed by atoms with Crippen LogP contribution in [0.3, 0.4) is 0 Å². The summed E-state index contributed by atoms with van der Waals surface area (Å²) < 4.78 is 51.2. The zero-order valence-electron chi connectivity index (χ0n) is 13.1. The van der Waals surface area contributed by atoms with E-state index in [4.69, 9.17) is 0 Å². The smallest absolute Gasteiger partial charge is 0.218 e. The van der Waals surface area contributed by atoms with E-state index in [9.17, 15) is 16.8 Å². The van der Waals surface area contributed by atoms with Crippen LogP contribution in [0.15, 0.2) is 30.3 Å². The fraction of sp³-hybridized carbons (Fsp3) is 0.625. The highest BCUT2D eigenvalue weighted by atomic mass is 32.2. The first kappa shape index (κ1) is 16.9. The van der Waals surface area contributed by atoms with Crippen molar-refractivity contribution in [3.63, 3.8) is 0 Å². The number of hydrogen-bond acceptors (Lipinski definition) is 4. The maximum absolute atomic E-state index is 12.6. The van der Waals surface area contributed by atoms with Crippen molar-refractivity contribution in [2.75, 3.05) is 13.1 Å². The monoisotopic (exact) mass is 357 g/mol. The van der Waals surface area contributed by atoms with E-state index in [1.165, 1.54) is 4.31 Å². The number of rotatable bonds is 5. The van der Waals surface area contributed by atoms with Gasteiger partial charge in [0.05, 0.1) is 16.3 Å². The predicted molar refractivity (Wildman–Crippen MR) is 90.2 cm³/mol. The molecule has 0 amide bonds. The van der Waals surface area contributed by atoms with Crippen molar-refractivity contribution in [2.24, 2.45) is 0 Å². The van der Waals surface area contributed by atoms with Gasteiger partial charge in [-0.1, -0.05) is 49.6 Å². The molecule has 0 unspecified atom stereocenters. The lowest BCUT2D eigenvalue weighted by molar-refractivity contribution is 0.306. The van der Waals surface area contributed by atoms with Crippen molar-refractivity contribution >= 4 is 19.9 Å². The molecule has 1 saturated carbocycles. The lowest BCUT2D eigenvalue weighted by atomic mass is 10.0. The summed E-state index contributed by atoms with van der Waals surface area (Å²) in [6.07, 6.45) is 4.50. The molecule has 0 bridgehead atoms. The molecule has 2 aliphatic rings. The molecule has 1 aromatic rings. The van der Waals surface area contributed by atoms with Crippen LogP contribution in [-0.2, 0) is 25.6 Å². The van der Waals surface area contributed by atoms with Crippen molar-refractivity contribution in [3.8, 4) is 0 Å². The molecule has 0 atom stereocenters. The van der Waals surface area contributed by atoms with Crippen molar-refractivity contribution in [2.45, 2.75) is 48.4 Å². The van der Waals surface area contributed by atoms with E-state index in [0.29, 0.717) is 0 Å². The van der Waals surface area contributed by atoms with Crippen LogP contribution in [0.2, 0.25) is 0 Å². The van der Waals surface area contributed by atoms with Crippen molar-refractivity contribution in [3.05, 3.63) is 35.9 Å². The van der Waals surface area contributed by atoms with Gasteiger partial charge < -0.3 is 0 Å². The summed E-state index contributed by atoms with van der Waals surface area (Å²) in [5.74, 6) is -0.0654. The molecule has 0 aromatic heterocycles. The Bertz CT molecular complexity index is 732. The molecule has 2 fully saturated rings. The number of benzene rings is 1.